The Kier molecular flexibility index (Phi) is 6.50. The third kappa shape index (κ3) is 4.20. The quantitative estimate of drug-likeness (QED) is 0.302. The number of benzene rings is 2. The molecule has 0 radical (unpaired) electrons. The number of ether oxygens (including phenoxy) is 2. The Bertz CT molecular complexity index is 1130. The Morgan fingerprint density at radius 2 is 2.03 bits per heavy atom. The van der Waals surface area contributed by atoms with Gasteiger partial charge >= 0.3 is 0 Å². The fourth-order valence-corrected chi connectivity index (χ4v) is 3.43. The van der Waals surface area contributed by atoms with Crippen LogP contribution in [0.1, 0.15) is 5.56 Å². The maximum Gasteiger partial charge on any atom is 0.270 e. The van der Waals surface area contributed by atoms with Crippen molar-refractivity contribution in [3.05, 3.63) is 57.8 Å². The number of rotatable bonds is 5. The highest BCUT2D eigenvalue weighted by Crippen LogP contribution is 2.35. The van der Waals surface area contributed by atoms with Crippen molar-refractivity contribution in [3.8, 4) is 23.8 Å². The number of terminal acetylenes is 1. The molecule has 2 aromatic carbocycles. The Morgan fingerprint density at radius 3 is 2.70 bits per heavy atom. The molecule has 0 saturated carbocycles. The van der Waals surface area contributed by atoms with Crippen LogP contribution in [0.3, 0.4) is 0 Å². The van der Waals surface area contributed by atoms with Crippen LogP contribution in [0.2, 0.25) is 0 Å². The normalized spacial score (nSPS) is 15.1. The molecule has 30 heavy (non-hydrogen) atoms. The van der Waals surface area contributed by atoms with Gasteiger partial charge in [0, 0.05) is 4.47 Å². The average Bonchev–Trinajstić information content (AvgIpc) is 2.71. The summed E-state index contributed by atoms with van der Waals surface area (Å²) in [7, 11) is 1.44. The fourth-order valence-electron chi connectivity index (χ4n) is 2.72. The summed E-state index contributed by atoms with van der Waals surface area (Å²) in [5.74, 6) is 0.990. The van der Waals surface area contributed by atoms with Crippen LogP contribution < -0.4 is 19.7 Å². The summed E-state index contributed by atoms with van der Waals surface area (Å²) in [6, 6.07) is 8.81. The van der Waals surface area contributed by atoms with Gasteiger partial charge < -0.3 is 9.47 Å². The minimum Gasteiger partial charge on any atom is -0.493 e. The Morgan fingerprint density at radius 1 is 1.30 bits per heavy atom. The lowest BCUT2D eigenvalue weighted by Gasteiger charge is -2.29. The summed E-state index contributed by atoms with van der Waals surface area (Å²) >= 11 is 8.46. The monoisotopic (exact) mass is 488 g/mol. The maximum atomic E-state index is 14.2. The summed E-state index contributed by atoms with van der Waals surface area (Å²) in [4.78, 5) is 26.4. The van der Waals surface area contributed by atoms with E-state index in [4.69, 9.17) is 28.1 Å². The van der Waals surface area contributed by atoms with Crippen LogP contribution in [0.5, 0.6) is 11.5 Å². The van der Waals surface area contributed by atoms with E-state index in [2.05, 4.69) is 27.2 Å². The molecule has 9 heteroatoms. The van der Waals surface area contributed by atoms with Crippen molar-refractivity contribution in [1.82, 2.24) is 5.32 Å². The third-order valence-electron chi connectivity index (χ3n) is 4.09. The van der Waals surface area contributed by atoms with Gasteiger partial charge in [-0.15, -0.1) is 6.42 Å². The van der Waals surface area contributed by atoms with Crippen LogP contribution in [0.15, 0.2) is 46.4 Å². The molecule has 0 bridgehead atoms. The zero-order chi connectivity index (χ0) is 21.8. The fraction of sp³-hybridized carbons (Fsp3) is 0.0952. The highest BCUT2D eigenvalue weighted by Gasteiger charge is 2.35. The summed E-state index contributed by atoms with van der Waals surface area (Å²) in [5.41, 5.74) is 0.166. The van der Waals surface area contributed by atoms with E-state index in [1.807, 2.05) is 0 Å². The number of thiocarbonyl (C=S) groups is 1. The van der Waals surface area contributed by atoms with Crippen LogP contribution in [0.25, 0.3) is 6.08 Å². The number of nitrogens with zero attached hydrogens (tertiary/aromatic N) is 1. The summed E-state index contributed by atoms with van der Waals surface area (Å²) in [6.07, 6.45) is 6.56. The minimum atomic E-state index is -0.757. The lowest BCUT2D eigenvalue weighted by Crippen LogP contribution is -2.54. The molecule has 2 aromatic rings. The first-order valence-corrected chi connectivity index (χ1v) is 9.67. The molecule has 1 saturated heterocycles. The summed E-state index contributed by atoms with van der Waals surface area (Å²) < 4.78 is 25.5. The topological polar surface area (TPSA) is 67.9 Å². The second kappa shape index (κ2) is 9.07. The van der Waals surface area contributed by atoms with Crippen molar-refractivity contribution >= 4 is 56.8 Å². The molecule has 0 spiro atoms. The van der Waals surface area contributed by atoms with Crippen LogP contribution in [-0.2, 0) is 9.59 Å². The predicted octanol–water partition coefficient (Wildman–Crippen LogP) is 3.44. The number of carbonyl (C=O) groups excluding carboxylic acids is 2. The van der Waals surface area contributed by atoms with Crippen molar-refractivity contribution in [3.63, 3.8) is 0 Å². The third-order valence-corrected chi connectivity index (χ3v) is 5.06. The van der Waals surface area contributed by atoms with Crippen molar-refractivity contribution < 1.29 is 23.5 Å². The first kappa shape index (κ1) is 21.5. The molecule has 3 rings (SSSR count). The first-order chi connectivity index (χ1) is 14.4. The molecule has 2 amide bonds. The number of hydrogen-bond acceptors (Lipinski definition) is 5. The van der Waals surface area contributed by atoms with Crippen molar-refractivity contribution in [2.24, 2.45) is 0 Å². The molecule has 1 heterocycles. The lowest BCUT2D eigenvalue weighted by molar-refractivity contribution is -0.122. The van der Waals surface area contributed by atoms with Crippen LogP contribution >= 0.6 is 28.1 Å². The average molecular weight is 489 g/mol. The highest BCUT2D eigenvalue weighted by molar-refractivity contribution is 9.10. The molecule has 1 aliphatic rings. The Balaban J connectivity index is 2.05. The van der Waals surface area contributed by atoms with Crippen LogP contribution in [0, 0.1) is 18.2 Å². The standard InChI is InChI=1S/C21H14BrFN2O4S/c1-3-8-29-18-11-14(22)12(10-17(18)28-2)9-13-19(26)24-21(30)25(20(13)27)16-7-5-4-6-15(16)23/h1,4-7,9-11H,8H2,2H3,(H,24,26,30)/b13-9+. The number of halogens is 2. The maximum absolute atomic E-state index is 14.2. The Hall–Kier alpha value is -3.22. The molecule has 1 fully saturated rings. The van der Waals surface area contributed by atoms with Gasteiger partial charge in [0.15, 0.2) is 16.6 Å². The predicted molar refractivity (Wildman–Crippen MR) is 118 cm³/mol. The van der Waals surface area contributed by atoms with Crippen LogP contribution in [-0.4, -0.2) is 30.6 Å². The number of carbonyl (C=O) groups is 2. The number of amides is 2. The molecule has 1 aliphatic heterocycles. The largest absolute Gasteiger partial charge is 0.493 e. The van der Waals surface area contributed by atoms with Gasteiger partial charge in [-0.25, -0.2) is 9.29 Å². The lowest BCUT2D eigenvalue weighted by atomic mass is 10.1. The van der Waals surface area contributed by atoms with E-state index in [9.17, 15) is 14.0 Å². The summed E-state index contributed by atoms with van der Waals surface area (Å²) in [5, 5.41) is 2.21. The van der Waals surface area contributed by atoms with Gasteiger partial charge in [0.05, 0.1) is 12.8 Å². The molecule has 6 nitrogen and oxygen atoms in total. The van der Waals surface area contributed by atoms with E-state index >= 15 is 0 Å². The van der Waals surface area contributed by atoms with E-state index in [-0.39, 0.29) is 23.0 Å². The molecule has 152 valence electrons. The molecule has 0 aliphatic carbocycles. The highest BCUT2D eigenvalue weighted by atomic mass is 79.9. The number of methoxy groups -OCH3 is 1. The molecule has 0 aromatic heterocycles. The second-order valence-electron chi connectivity index (χ2n) is 5.93. The smallest absolute Gasteiger partial charge is 0.270 e. The zero-order valence-corrected chi connectivity index (χ0v) is 18.0. The van der Waals surface area contributed by atoms with E-state index in [0.29, 0.717) is 21.5 Å². The summed E-state index contributed by atoms with van der Waals surface area (Å²) in [6.45, 7) is 0.0408. The molecule has 0 unspecified atom stereocenters. The van der Waals surface area contributed by atoms with Gasteiger partial charge in [0.2, 0.25) is 0 Å². The molecule has 1 N–H and O–H groups in total. The van der Waals surface area contributed by atoms with E-state index in [0.717, 1.165) is 4.90 Å². The molecular formula is C21H14BrFN2O4S. The Labute approximate surface area is 185 Å². The number of hydrogen-bond donors (Lipinski definition) is 1. The van der Waals surface area contributed by atoms with E-state index in [1.54, 1.807) is 18.2 Å². The van der Waals surface area contributed by atoms with Gasteiger partial charge in [-0.05, 0) is 48.1 Å². The first-order valence-electron chi connectivity index (χ1n) is 8.47. The number of nitrogens with one attached hydrogen (secondary N) is 1. The van der Waals surface area contributed by atoms with Gasteiger partial charge in [0.25, 0.3) is 11.8 Å². The van der Waals surface area contributed by atoms with Gasteiger partial charge in [0.1, 0.15) is 18.0 Å². The van der Waals surface area contributed by atoms with Gasteiger partial charge in [-0.2, -0.15) is 0 Å². The second-order valence-corrected chi connectivity index (χ2v) is 7.17. The molecular weight excluding hydrogens is 475 g/mol. The zero-order valence-electron chi connectivity index (χ0n) is 15.6. The van der Waals surface area contributed by atoms with Gasteiger partial charge in [-0.1, -0.05) is 34.0 Å². The SMILES string of the molecule is C#CCOc1cc(Br)c(/C=C2\C(=O)NC(=S)N(c3ccccc3F)C2=O)cc1OC. The van der Waals surface area contributed by atoms with Crippen molar-refractivity contribution in [2.75, 3.05) is 18.6 Å². The van der Waals surface area contributed by atoms with E-state index in [1.165, 1.54) is 31.4 Å². The number of anilines is 1. The van der Waals surface area contributed by atoms with Crippen LogP contribution in [0.4, 0.5) is 10.1 Å². The number of para-hydroxylation sites is 1. The molecule has 0 atom stereocenters. The van der Waals surface area contributed by atoms with E-state index < -0.39 is 17.6 Å². The van der Waals surface area contributed by atoms with Crippen molar-refractivity contribution in [1.29, 1.82) is 0 Å². The minimum absolute atomic E-state index is 0.0408. The van der Waals surface area contributed by atoms with Gasteiger partial charge in [-0.3, -0.25) is 14.9 Å². The van der Waals surface area contributed by atoms with Crippen molar-refractivity contribution in [2.45, 2.75) is 0 Å².